The number of amides is 2. The highest BCUT2D eigenvalue weighted by Crippen LogP contribution is 2.26. The molecule has 0 aliphatic carbocycles. The normalized spacial score (nSPS) is 10.3. The van der Waals surface area contributed by atoms with Gasteiger partial charge in [-0.25, -0.2) is 0 Å². The minimum atomic E-state index is -0.472. The summed E-state index contributed by atoms with van der Waals surface area (Å²) in [5.41, 5.74) is 6.23. The number of carbonyl (C=O) groups is 2. The smallest absolute Gasteiger partial charge is 0.276 e. The maximum Gasteiger partial charge on any atom is 0.276 e. The Morgan fingerprint density at radius 2 is 1.72 bits per heavy atom. The van der Waals surface area contributed by atoms with E-state index < -0.39 is 11.8 Å². The molecule has 0 saturated carbocycles. The van der Waals surface area contributed by atoms with E-state index in [1.807, 2.05) is 19.1 Å². The van der Waals surface area contributed by atoms with Crippen molar-refractivity contribution in [1.29, 1.82) is 0 Å². The van der Waals surface area contributed by atoms with Gasteiger partial charge in [-0.05, 0) is 71.2 Å². The molecule has 0 heterocycles. The maximum absolute atomic E-state index is 12.1. The van der Waals surface area contributed by atoms with Crippen LogP contribution in [0.25, 0.3) is 0 Å². The van der Waals surface area contributed by atoms with Gasteiger partial charge in [-0.1, -0.05) is 13.0 Å². The average Bonchev–Trinajstić information content (AvgIpc) is 2.74. The van der Waals surface area contributed by atoms with E-state index in [0.717, 1.165) is 16.5 Å². The lowest BCUT2D eigenvalue weighted by molar-refractivity contribution is -0.123. The second-order valence-corrected chi connectivity index (χ2v) is 6.83. The zero-order valence-corrected chi connectivity index (χ0v) is 18.1. The van der Waals surface area contributed by atoms with E-state index in [1.165, 1.54) is 0 Å². The Kier molecular flexibility index (Phi) is 9.46. The first-order valence-corrected chi connectivity index (χ1v) is 10.1. The van der Waals surface area contributed by atoms with E-state index in [4.69, 9.17) is 14.2 Å². The Morgan fingerprint density at radius 1 is 0.966 bits per heavy atom. The Morgan fingerprint density at radius 3 is 2.38 bits per heavy atom. The molecular weight excluding hydrogens is 440 g/mol. The van der Waals surface area contributed by atoms with Crippen molar-refractivity contribution in [2.45, 2.75) is 20.3 Å². The largest absolute Gasteiger partial charge is 0.491 e. The number of carbonyl (C=O) groups excluding carboxylic acids is 2. The Bertz CT molecular complexity index is 811. The molecule has 156 valence electrons. The zero-order chi connectivity index (χ0) is 21.1. The maximum atomic E-state index is 12.1. The molecule has 0 aliphatic rings. The molecule has 0 aromatic heterocycles. The number of rotatable bonds is 10. The monoisotopic (exact) mass is 464 g/mol. The van der Waals surface area contributed by atoms with Crippen LogP contribution in [0.3, 0.4) is 0 Å². The second-order valence-electron chi connectivity index (χ2n) is 5.98. The second kappa shape index (κ2) is 12.1. The van der Waals surface area contributed by atoms with Crippen LogP contribution in [0.15, 0.2) is 46.9 Å². The fraction of sp³-hybridized carbons (Fsp3) is 0.333. The first-order valence-electron chi connectivity index (χ1n) is 9.34. The minimum absolute atomic E-state index is 0.225. The molecule has 8 heteroatoms. The topological polar surface area (TPSA) is 85.9 Å². The summed E-state index contributed by atoms with van der Waals surface area (Å²) in [7, 11) is 0. The highest BCUT2D eigenvalue weighted by atomic mass is 79.9. The molecule has 0 aliphatic heterocycles. The molecule has 2 amide bonds. The summed E-state index contributed by atoms with van der Waals surface area (Å²) in [4.78, 5) is 24.0. The summed E-state index contributed by atoms with van der Waals surface area (Å²) in [6.07, 6.45) is 0.909. The van der Waals surface area contributed by atoms with E-state index in [0.29, 0.717) is 36.9 Å². The average molecular weight is 465 g/mol. The van der Waals surface area contributed by atoms with Gasteiger partial charge >= 0.3 is 0 Å². The van der Waals surface area contributed by atoms with Crippen LogP contribution >= 0.6 is 15.9 Å². The highest BCUT2D eigenvalue weighted by Gasteiger charge is 2.09. The number of hydrazine groups is 1. The molecule has 7 nitrogen and oxygen atoms in total. The molecule has 29 heavy (non-hydrogen) atoms. The molecule has 0 fully saturated rings. The molecule has 0 saturated heterocycles. The van der Waals surface area contributed by atoms with Crippen LogP contribution < -0.4 is 20.3 Å². The van der Waals surface area contributed by atoms with Crippen molar-refractivity contribution in [3.8, 4) is 11.5 Å². The summed E-state index contributed by atoms with van der Waals surface area (Å²) >= 11 is 3.42. The number of ether oxygens (including phenoxy) is 3. The van der Waals surface area contributed by atoms with Gasteiger partial charge in [-0.15, -0.1) is 0 Å². The number of halogens is 1. The predicted molar refractivity (Wildman–Crippen MR) is 113 cm³/mol. The van der Waals surface area contributed by atoms with E-state index in [-0.39, 0.29) is 6.61 Å². The van der Waals surface area contributed by atoms with Crippen molar-refractivity contribution >= 4 is 27.7 Å². The van der Waals surface area contributed by atoms with Gasteiger partial charge < -0.3 is 14.2 Å². The molecular formula is C21H25BrN2O5. The van der Waals surface area contributed by atoms with Gasteiger partial charge in [0.05, 0.1) is 11.1 Å². The third-order valence-corrected chi connectivity index (χ3v) is 4.52. The summed E-state index contributed by atoms with van der Waals surface area (Å²) in [6, 6.07) is 12.3. The van der Waals surface area contributed by atoms with Gasteiger partial charge in [-0.2, -0.15) is 0 Å². The van der Waals surface area contributed by atoms with Crippen LogP contribution in [0, 0.1) is 0 Å². The standard InChI is InChI=1S/C21H25BrN2O5/c1-3-15-5-10-19(18(22)13-15)29-14-20(25)23-24-21(26)16-6-8-17(9-7-16)28-12-11-27-4-2/h5-10,13H,3-4,11-12,14H2,1-2H3,(H,23,25)(H,24,26). The first kappa shape index (κ1) is 22.7. The van der Waals surface area contributed by atoms with Crippen molar-refractivity contribution < 1.29 is 23.8 Å². The van der Waals surface area contributed by atoms with E-state index in [9.17, 15) is 9.59 Å². The molecule has 0 atom stereocenters. The summed E-state index contributed by atoms with van der Waals surface area (Å²) in [5, 5.41) is 0. The Hall–Kier alpha value is -2.58. The van der Waals surface area contributed by atoms with Crippen molar-refractivity contribution in [3.05, 3.63) is 58.1 Å². The van der Waals surface area contributed by atoms with Gasteiger partial charge in [0.15, 0.2) is 6.61 Å². The lowest BCUT2D eigenvalue weighted by atomic mass is 10.2. The zero-order valence-electron chi connectivity index (χ0n) is 16.5. The molecule has 2 aromatic carbocycles. The first-order chi connectivity index (χ1) is 14.0. The third-order valence-electron chi connectivity index (χ3n) is 3.90. The van der Waals surface area contributed by atoms with Crippen LogP contribution in [-0.2, 0) is 16.0 Å². The quantitative estimate of drug-likeness (QED) is 0.416. The molecule has 0 bridgehead atoms. The SMILES string of the molecule is CCOCCOc1ccc(C(=O)NNC(=O)COc2ccc(CC)cc2Br)cc1. The predicted octanol–water partition coefficient (Wildman–Crippen LogP) is 3.27. The summed E-state index contributed by atoms with van der Waals surface area (Å²) < 4.78 is 16.9. The summed E-state index contributed by atoms with van der Waals surface area (Å²) in [5.74, 6) is 0.287. The Balaban J connectivity index is 1.74. The molecule has 0 spiro atoms. The minimum Gasteiger partial charge on any atom is -0.491 e. The molecule has 2 N–H and O–H groups in total. The fourth-order valence-electron chi connectivity index (χ4n) is 2.32. The van der Waals surface area contributed by atoms with Gasteiger partial charge in [0.1, 0.15) is 18.1 Å². The number of benzene rings is 2. The molecule has 2 rings (SSSR count). The van der Waals surface area contributed by atoms with Crippen LogP contribution in [0.2, 0.25) is 0 Å². The van der Waals surface area contributed by atoms with E-state index >= 15 is 0 Å². The van der Waals surface area contributed by atoms with Crippen molar-refractivity contribution in [2.75, 3.05) is 26.4 Å². The number of hydrogen-bond donors (Lipinski definition) is 2. The number of hydrogen-bond acceptors (Lipinski definition) is 5. The van der Waals surface area contributed by atoms with Gasteiger partial charge in [0.2, 0.25) is 0 Å². The van der Waals surface area contributed by atoms with Gasteiger partial charge in [-0.3, -0.25) is 20.4 Å². The van der Waals surface area contributed by atoms with Crippen molar-refractivity contribution in [2.24, 2.45) is 0 Å². The van der Waals surface area contributed by atoms with E-state index in [1.54, 1.807) is 30.3 Å². The lowest BCUT2D eigenvalue weighted by Crippen LogP contribution is -2.43. The third kappa shape index (κ3) is 7.75. The molecule has 2 aromatic rings. The molecule has 0 unspecified atom stereocenters. The highest BCUT2D eigenvalue weighted by molar-refractivity contribution is 9.10. The summed E-state index contributed by atoms with van der Waals surface area (Å²) in [6.45, 7) is 5.33. The Labute approximate surface area is 178 Å². The number of nitrogens with one attached hydrogen (secondary N) is 2. The van der Waals surface area contributed by atoms with Crippen LogP contribution in [-0.4, -0.2) is 38.2 Å². The van der Waals surface area contributed by atoms with Gasteiger partial charge in [0.25, 0.3) is 11.8 Å². The van der Waals surface area contributed by atoms with E-state index in [2.05, 4.69) is 33.7 Å². The fourth-order valence-corrected chi connectivity index (χ4v) is 2.87. The van der Waals surface area contributed by atoms with Crippen LogP contribution in [0.1, 0.15) is 29.8 Å². The molecule has 0 radical (unpaired) electrons. The van der Waals surface area contributed by atoms with Gasteiger partial charge in [0, 0.05) is 12.2 Å². The van der Waals surface area contributed by atoms with Crippen molar-refractivity contribution in [3.63, 3.8) is 0 Å². The van der Waals surface area contributed by atoms with Crippen LogP contribution in [0.5, 0.6) is 11.5 Å². The van der Waals surface area contributed by atoms with Crippen molar-refractivity contribution in [1.82, 2.24) is 10.9 Å². The number of aryl methyl sites for hydroxylation is 1. The van der Waals surface area contributed by atoms with Crippen LogP contribution in [0.4, 0.5) is 0 Å². The lowest BCUT2D eigenvalue weighted by Gasteiger charge is -2.11.